The van der Waals surface area contributed by atoms with Crippen LogP contribution in [0.25, 0.3) is 21.9 Å². The molecule has 0 atom stereocenters. The highest BCUT2D eigenvalue weighted by Crippen LogP contribution is 2.33. The zero-order valence-corrected chi connectivity index (χ0v) is 15.4. The Morgan fingerprint density at radius 1 is 1.11 bits per heavy atom. The molecule has 28 heavy (non-hydrogen) atoms. The molecule has 0 aliphatic carbocycles. The Morgan fingerprint density at radius 2 is 1.82 bits per heavy atom. The number of anilines is 1. The molecule has 0 bridgehead atoms. The number of rotatable bonds is 4. The van der Waals surface area contributed by atoms with Gasteiger partial charge in [-0.2, -0.15) is 0 Å². The van der Waals surface area contributed by atoms with Crippen molar-refractivity contribution < 1.29 is 18.0 Å². The summed E-state index contributed by atoms with van der Waals surface area (Å²) >= 11 is 1.14. The van der Waals surface area contributed by atoms with E-state index in [1.54, 1.807) is 13.1 Å². The van der Waals surface area contributed by atoms with Gasteiger partial charge in [-0.15, -0.1) is 11.3 Å². The van der Waals surface area contributed by atoms with Gasteiger partial charge < -0.3 is 9.73 Å². The Morgan fingerprint density at radius 3 is 2.54 bits per heavy atom. The van der Waals surface area contributed by atoms with E-state index in [4.69, 9.17) is 4.42 Å². The maximum Gasteiger partial charge on any atom is 0.284 e. The lowest BCUT2D eigenvalue weighted by Gasteiger charge is -2.05. The lowest BCUT2D eigenvalue weighted by molar-refractivity contribution is 0.102. The molecule has 1 N–H and O–H groups in total. The number of carbonyl (C=O) groups excluding carboxylic acids is 1. The van der Waals surface area contributed by atoms with E-state index >= 15 is 0 Å². The monoisotopic (exact) mass is 397 g/mol. The van der Waals surface area contributed by atoms with Crippen LogP contribution in [0, 0.1) is 18.6 Å². The van der Waals surface area contributed by atoms with E-state index in [1.807, 2.05) is 24.3 Å². The largest absolute Gasteiger partial charge is 0.445 e. The molecule has 1 amide bonds. The molecule has 0 saturated carbocycles. The van der Waals surface area contributed by atoms with E-state index in [-0.39, 0.29) is 5.01 Å². The van der Waals surface area contributed by atoms with Crippen molar-refractivity contribution in [3.05, 3.63) is 77.3 Å². The number of benzene rings is 2. The molecule has 0 aliphatic heterocycles. The maximum atomic E-state index is 13.8. The molecule has 0 saturated heterocycles. The molecule has 8 heteroatoms. The second kappa shape index (κ2) is 7.32. The van der Waals surface area contributed by atoms with Crippen LogP contribution in [-0.4, -0.2) is 15.9 Å². The van der Waals surface area contributed by atoms with E-state index in [9.17, 15) is 13.6 Å². The van der Waals surface area contributed by atoms with Crippen molar-refractivity contribution in [2.45, 2.75) is 6.92 Å². The lowest BCUT2D eigenvalue weighted by Crippen LogP contribution is -2.14. The van der Waals surface area contributed by atoms with Gasteiger partial charge in [-0.1, -0.05) is 18.2 Å². The van der Waals surface area contributed by atoms with Gasteiger partial charge >= 0.3 is 0 Å². The third-order valence-electron chi connectivity index (χ3n) is 4.00. The number of halogens is 2. The Balaban J connectivity index is 1.64. The van der Waals surface area contributed by atoms with Crippen molar-refractivity contribution in [3.63, 3.8) is 0 Å². The molecule has 2 heterocycles. The first-order valence-corrected chi connectivity index (χ1v) is 9.07. The van der Waals surface area contributed by atoms with Crippen LogP contribution in [0.15, 0.2) is 59.3 Å². The van der Waals surface area contributed by atoms with E-state index in [0.29, 0.717) is 11.6 Å². The number of para-hydroxylation sites is 1. The topological polar surface area (TPSA) is 68.0 Å². The second-order valence-corrected chi connectivity index (χ2v) is 6.90. The highest BCUT2D eigenvalue weighted by atomic mass is 32.1. The van der Waals surface area contributed by atoms with E-state index < -0.39 is 23.2 Å². The molecule has 0 fully saturated rings. The molecule has 2 aromatic heterocycles. The van der Waals surface area contributed by atoms with Crippen LogP contribution in [-0.2, 0) is 0 Å². The minimum Gasteiger partial charge on any atom is -0.445 e. The number of nitrogens with zero attached hydrogens (tertiary/aromatic N) is 2. The van der Waals surface area contributed by atoms with Crippen molar-refractivity contribution in [2.75, 3.05) is 5.32 Å². The number of amides is 1. The normalized spacial score (nSPS) is 10.8. The quantitative estimate of drug-likeness (QED) is 0.507. The summed E-state index contributed by atoms with van der Waals surface area (Å²) < 4.78 is 32.9. The molecule has 5 nitrogen and oxygen atoms in total. The van der Waals surface area contributed by atoms with Crippen LogP contribution in [0.2, 0.25) is 0 Å². The van der Waals surface area contributed by atoms with Crippen LogP contribution in [0.4, 0.5) is 14.5 Å². The standard InChI is InChI=1S/C20H13F2N3O2S/c1-11-17(12-4-2-5-13(10-12)19-23-8-9-27-19)28-20(24-11)18(26)25-16-14(21)6-3-7-15(16)22/h2-10H,1H3,(H,25,26). The summed E-state index contributed by atoms with van der Waals surface area (Å²) in [5, 5.41) is 2.36. The number of aromatic nitrogens is 2. The Bertz CT molecular complexity index is 1140. The van der Waals surface area contributed by atoms with Crippen molar-refractivity contribution >= 4 is 22.9 Å². The predicted octanol–water partition coefficient (Wildman–Crippen LogP) is 5.30. The molecule has 0 spiro atoms. The zero-order chi connectivity index (χ0) is 19.7. The third kappa shape index (κ3) is 3.41. The number of thiazole rings is 1. The molecule has 4 aromatic rings. The zero-order valence-electron chi connectivity index (χ0n) is 14.6. The fraction of sp³-hybridized carbons (Fsp3) is 0.0500. The summed E-state index contributed by atoms with van der Waals surface area (Å²) in [6.07, 6.45) is 3.05. The Hall–Kier alpha value is -3.39. The van der Waals surface area contributed by atoms with Crippen molar-refractivity contribution in [2.24, 2.45) is 0 Å². The number of hydrogen-bond acceptors (Lipinski definition) is 5. The molecule has 140 valence electrons. The smallest absolute Gasteiger partial charge is 0.284 e. The average Bonchev–Trinajstić information content (AvgIpc) is 3.35. The Labute approximate surface area is 162 Å². The van der Waals surface area contributed by atoms with Gasteiger partial charge in [0, 0.05) is 5.56 Å². The lowest BCUT2D eigenvalue weighted by atomic mass is 10.1. The van der Waals surface area contributed by atoms with Crippen molar-refractivity contribution in [1.29, 1.82) is 0 Å². The van der Waals surface area contributed by atoms with Crippen molar-refractivity contribution in [1.82, 2.24) is 9.97 Å². The summed E-state index contributed by atoms with van der Waals surface area (Å²) in [5.41, 5.74) is 1.76. The first-order chi connectivity index (χ1) is 13.5. The SMILES string of the molecule is Cc1nc(C(=O)Nc2c(F)cccc2F)sc1-c1cccc(-c2ncco2)c1. The van der Waals surface area contributed by atoms with Gasteiger partial charge in [0.05, 0.1) is 16.8 Å². The third-order valence-corrected chi connectivity index (χ3v) is 5.20. The van der Waals surface area contributed by atoms with Crippen LogP contribution < -0.4 is 5.32 Å². The van der Waals surface area contributed by atoms with E-state index in [0.717, 1.165) is 39.5 Å². The summed E-state index contributed by atoms with van der Waals surface area (Å²) in [7, 11) is 0. The maximum absolute atomic E-state index is 13.8. The van der Waals surface area contributed by atoms with Gasteiger partial charge in [-0.05, 0) is 36.8 Å². The van der Waals surface area contributed by atoms with Crippen LogP contribution in [0.3, 0.4) is 0 Å². The molecule has 4 rings (SSSR count). The second-order valence-electron chi connectivity index (χ2n) is 5.90. The number of nitrogens with one attached hydrogen (secondary N) is 1. The molecule has 2 aromatic carbocycles. The summed E-state index contributed by atoms with van der Waals surface area (Å²) in [6, 6.07) is 10.8. The average molecular weight is 397 g/mol. The Kier molecular flexibility index (Phi) is 4.70. The summed E-state index contributed by atoms with van der Waals surface area (Å²) in [5.74, 6) is -1.88. The molecule has 0 radical (unpaired) electrons. The summed E-state index contributed by atoms with van der Waals surface area (Å²) in [6.45, 7) is 1.77. The highest BCUT2D eigenvalue weighted by Gasteiger charge is 2.19. The molecular weight excluding hydrogens is 384 g/mol. The molecule has 0 unspecified atom stereocenters. The number of hydrogen-bond donors (Lipinski definition) is 1. The summed E-state index contributed by atoms with van der Waals surface area (Å²) in [4.78, 5) is 21.6. The first-order valence-electron chi connectivity index (χ1n) is 8.26. The van der Waals surface area contributed by atoms with E-state index in [1.165, 1.54) is 12.3 Å². The van der Waals surface area contributed by atoms with Gasteiger partial charge in [-0.3, -0.25) is 4.79 Å². The highest BCUT2D eigenvalue weighted by molar-refractivity contribution is 7.17. The minimum atomic E-state index is -0.847. The fourth-order valence-corrected chi connectivity index (χ4v) is 3.66. The fourth-order valence-electron chi connectivity index (χ4n) is 2.71. The van der Waals surface area contributed by atoms with Gasteiger partial charge in [-0.25, -0.2) is 18.7 Å². The number of oxazole rings is 1. The van der Waals surface area contributed by atoms with Crippen LogP contribution in [0.1, 0.15) is 15.5 Å². The molecular formula is C20H13F2N3O2S. The number of aryl methyl sites for hydroxylation is 1. The van der Waals surface area contributed by atoms with E-state index in [2.05, 4.69) is 15.3 Å². The minimum absolute atomic E-state index is 0.108. The van der Waals surface area contributed by atoms with Gasteiger partial charge in [0.1, 0.15) is 23.6 Å². The van der Waals surface area contributed by atoms with Crippen LogP contribution in [0.5, 0.6) is 0 Å². The van der Waals surface area contributed by atoms with Gasteiger partial charge in [0.15, 0.2) is 5.01 Å². The van der Waals surface area contributed by atoms with Gasteiger partial charge in [0.2, 0.25) is 5.89 Å². The van der Waals surface area contributed by atoms with Crippen LogP contribution >= 0.6 is 11.3 Å². The number of carbonyl (C=O) groups is 1. The predicted molar refractivity (Wildman–Crippen MR) is 102 cm³/mol. The van der Waals surface area contributed by atoms with Crippen molar-refractivity contribution in [3.8, 4) is 21.9 Å². The molecule has 0 aliphatic rings. The van der Waals surface area contributed by atoms with Gasteiger partial charge in [0.25, 0.3) is 5.91 Å². The first kappa shape index (κ1) is 18.0.